The van der Waals surface area contributed by atoms with Gasteiger partial charge in [-0.25, -0.2) is 0 Å². The molecule has 0 atom stereocenters. The van der Waals surface area contributed by atoms with Crippen LogP contribution >= 0.6 is 0 Å². The van der Waals surface area contributed by atoms with E-state index in [9.17, 15) is 9.90 Å². The van der Waals surface area contributed by atoms with Gasteiger partial charge in [0.25, 0.3) is 11.4 Å². The van der Waals surface area contributed by atoms with Gasteiger partial charge in [0.1, 0.15) is 22.8 Å². The van der Waals surface area contributed by atoms with Gasteiger partial charge in [0.05, 0.1) is 25.3 Å². The zero-order chi connectivity index (χ0) is 19.8. The average Bonchev–Trinajstić information content (AvgIpc) is 3.17. The Kier molecular flexibility index (Phi) is 4.23. The predicted octanol–water partition coefficient (Wildman–Crippen LogP) is 3.28. The van der Waals surface area contributed by atoms with Gasteiger partial charge in [0.2, 0.25) is 5.82 Å². The number of aromatic nitrogens is 3. The maximum Gasteiger partial charge on any atom is 0.267 e. The number of aromatic hydroxyl groups is 1. The number of methoxy groups -OCH3 is 2. The van der Waals surface area contributed by atoms with Crippen molar-refractivity contribution in [3.63, 3.8) is 0 Å². The first-order valence-corrected chi connectivity index (χ1v) is 8.44. The zero-order valence-corrected chi connectivity index (χ0v) is 15.4. The predicted molar refractivity (Wildman–Crippen MR) is 103 cm³/mol. The number of H-pyrrole nitrogens is 1. The molecule has 28 heavy (non-hydrogen) atoms. The number of hydrogen-bond donors (Lipinski definition) is 2. The molecular weight excluding hydrogens is 362 g/mol. The standard InChI is InChI=1S/C20H17N3O5/c1-10-4-6-14-12(8-10)17(24)16(19(25)21-14)20-22-18(23-28-20)13-9-11(26-2)5-7-15(13)27-3/h4-9H,1-3H3,(H2,21,24,25). The number of ether oxygens (including phenoxy) is 2. The van der Waals surface area contributed by atoms with E-state index >= 15 is 0 Å². The van der Waals surface area contributed by atoms with Crippen LogP contribution in [0.25, 0.3) is 33.7 Å². The zero-order valence-electron chi connectivity index (χ0n) is 15.4. The van der Waals surface area contributed by atoms with E-state index in [2.05, 4.69) is 15.1 Å². The molecule has 8 heteroatoms. The summed E-state index contributed by atoms with van der Waals surface area (Å²) in [7, 11) is 3.07. The second-order valence-electron chi connectivity index (χ2n) is 6.22. The van der Waals surface area contributed by atoms with Crippen LogP contribution in [0.5, 0.6) is 17.2 Å². The molecule has 0 aliphatic heterocycles. The molecule has 4 aromatic rings. The topological polar surface area (TPSA) is 110 Å². The Morgan fingerprint density at radius 2 is 1.93 bits per heavy atom. The Morgan fingerprint density at radius 3 is 2.68 bits per heavy atom. The van der Waals surface area contributed by atoms with Gasteiger partial charge in [0, 0.05) is 5.39 Å². The maximum absolute atomic E-state index is 12.5. The average molecular weight is 379 g/mol. The van der Waals surface area contributed by atoms with Crippen molar-refractivity contribution in [2.45, 2.75) is 6.92 Å². The van der Waals surface area contributed by atoms with E-state index in [0.29, 0.717) is 28.0 Å². The first kappa shape index (κ1) is 17.6. The number of nitrogens with one attached hydrogen (secondary N) is 1. The second-order valence-corrected chi connectivity index (χ2v) is 6.22. The third-order valence-electron chi connectivity index (χ3n) is 4.43. The molecule has 2 aromatic heterocycles. The van der Waals surface area contributed by atoms with E-state index in [1.54, 1.807) is 37.4 Å². The molecule has 0 spiro atoms. The van der Waals surface area contributed by atoms with E-state index in [4.69, 9.17) is 14.0 Å². The van der Waals surface area contributed by atoms with Gasteiger partial charge in [-0.05, 0) is 37.3 Å². The molecule has 2 aromatic carbocycles. The minimum Gasteiger partial charge on any atom is -0.506 e. The number of nitrogens with zero attached hydrogens (tertiary/aromatic N) is 2. The third kappa shape index (κ3) is 2.84. The minimum absolute atomic E-state index is 0.0845. The van der Waals surface area contributed by atoms with Crippen LogP contribution in [0.1, 0.15) is 5.56 Å². The van der Waals surface area contributed by atoms with Gasteiger partial charge in [-0.2, -0.15) is 4.98 Å². The van der Waals surface area contributed by atoms with Crippen molar-refractivity contribution in [1.29, 1.82) is 0 Å². The maximum atomic E-state index is 12.5. The lowest BCUT2D eigenvalue weighted by molar-refractivity contribution is 0.402. The molecule has 0 saturated carbocycles. The summed E-state index contributed by atoms with van der Waals surface area (Å²) < 4.78 is 15.8. The highest BCUT2D eigenvalue weighted by Crippen LogP contribution is 2.35. The van der Waals surface area contributed by atoms with Gasteiger partial charge in [-0.3, -0.25) is 4.79 Å². The lowest BCUT2D eigenvalue weighted by Crippen LogP contribution is -2.09. The lowest BCUT2D eigenvalue weighted by Gasteiger charge is -2.07. The summed E-state index contributed by atoms with van der Waals surface area (Å²) in [5.41, 5.74) is 1.38. The van der Waals surface area contributed by atoms with E-state index in [-0.39, 0.29) is 23.0 Å². The fraction of sp³-hybridized carbons (Fsp3) is 0.150. The van der Waals surface area contributed by atoms with Gasteiger partial charge in [-0.1, -0.05) is 16.8 Å². The number of fused-ring (bicyclic) bond motifs is 1. The van der Waals surface area contributed by atoms with Crippen LogP contribution in [-0.2, 0) is 0 Å². The van der Waals surface area contributed by atoms with Crippen LogP contribution in [0.3, 0.4) is 0 Å². The molecule has 2 N–H and O–H groups in total. The molecule has 8 nitrogen and oxygen atoms in total. The van der Waals surface area contributed by atoms with Crippen molar-refractivity contribution in [2.24, 2.45) is 0 Å². The summed E-state index contributed by atoms with van der Waals surface area (Å²) in [5.74, 6) is 0.996. The first-order chi connectivity index (χ1) is 13.5. The molecule has 4 rings (SSSR count). The highest BCUT2D eigenvalue weighted by molar-refractivity contribution is 5.90. The summed E-state index contributed by atoms with van der Waals surface area (Å²) in [5, 5.41) is 15.1. The molecule has 0 saturated heterocycles. The number of benzene rings is 2. The lowest BCUT2D eigenvalue weighted by atomic mass is 10.1. The normalized spacial score (nSPS) is 11.0. The number of aromatic amines is 1. The monoisotopic (exact) mass is 379 g/mol. The molecule has 0 radical (unpaired) electrons. The van der Waals surface area contributed by atoms with Crippen molar-refractivity contribution in [1.82, 2.24) is 15.1 Å². The Bertz CT molecular complexity index is 1240. The Morgan fingerprint density at radius 1 is 1.11 bits per heavy atom. The quantitative estimate of drug-likeness (QED) is 0.560. The summed E-state index contributed by atoms with van der Waals surface area (Å²) in [6, 6.07) is 10.5. The molecule has 2 heterocycles. The highest BCUT2D eigenvalue weighted by Gasteiger charge is 2.22. The third-order valence-corrected chi connectivity index (χ3v) is 4.43. The first-order valence-electron chi connectivity index (χ1n) is 8.44. The Balaban J connectivity index is 1.88. The molecular formula is C20H17N3O5. The molecule has 0 unspecified atom stereocenters. The summed E-state index contributed by atoms with van der Waals surface area (Å²) >= 11 is 0. The van der Waals surface area contributed by atoms with Crippen molar-refractivity contribution < 1.29 is 19.1 Å². The smallest absolute Gasteiger partial charge is 0.267 e. The molecule has 0 bridgehead atoms. The number of aryl methyl sites for hydroxylation is 1. The largest absolute Gasteiger partial charge is 0.506 e. The van der Waals surface area contributed by atoms with Crippen LogP contribution in [-0.4, -0.2) is 34.5 Å². The SMILES string of the molecule is COc1ccc(OC)c(-c2noc(-c3c(O)c4cc(C)ccc4[nH]c3=O)n2)c1. The van der Waals surface area contributed by atoms with Crippen molar-refractivity contribution in [3.05, 3.63) is 52.3 Å². The molecule has 0 aliphatic carbocycles. The van der Waals surface area contributed by atoms with Crippen LogP contribution < -0.4 is 15.0 Å². The van der Waals surface area contributed by atoms with Crippen molar-refractivity contribution in [3.8, 4) is 40.1 Å². The van der Waals surface area contributed by atoms with Crippen LogP contribution in [0, 0.1) is 6.92 Å². The molecule has 0 aliphatic rings. The van der Waals surface area contributed by atoms with E-state index < -0.39 is 5.56 Å². The van der Waals surface area contributed by atoms with Crippen LogP contribution in [0.4, 0.5) is 0 Å². The molecule has 142 valence electrons. The number of hydrogen-bond acceptors (Lipinski definition) is 7. The van der Waals surface area contributed by atoms with Gasteiger partial charge in [0.15, 0.2) is 0 Å². The summed E-state index contributed by atoms with van der Waals surface area (Å²) in [6.07, 6.45) is 0. The van der Waals surface area contributed by atoms with E-state index in [0.717, 1.165) is 5.56 Å². The van der Waals surface area contributed by atoms with Crippen LogP contribution in [0.2, 0.25) is 0 Å². The highest BCUT2D eigenvalue weighted by atomic mass is 16.5. The summed E-state index contributed by atoms with van der Waals surface area (Å²) in [6.45, 7) is 1.89. The van der Waals surface area contributed by atoms with E-state index in [1.165, 1.54) is 7.11 Å². The van der Waals surface area contributed by atoms with Gasteiger partial charge < -0.3 is 24.1 Å². The van der Waals surface area contributed by atoms with E-state index in [1.807, 2.05) is 13.0 Å². The second kappa shape index (κ2) is 6.73. The fourth-order valence-corrected chi connectivity index (χ4v) is 3.01. The molecule has 0 amide bonds. The Hall–Kier alpha value is -3.81. The Labute approximate surface area is 159 Å². The minimum atomic E-state index is -0.526. The summed E-state index contributed by atoms with van der Waals surface area (Å²) in [4.78, 5) is 19.5. The number of pyridine rings is 1. The fourth-order valence-electron chi connectivity index (χ4n) is 3.01. The van der Waals surface area contributed by atoms with Crippen molar-refractivity contribution >= 4 is 10.9 Å². The number of rotatable bonds is 4. The van der Waals surface area contributed by atoms with Crippen LogP contribution in [0.15, 0.2) is 45.7 Å². The van der Waals surface area contributed by atoms with Gasteiger partial charge in [-0.15, -0.1) is 0 Å². The molecule has 0 fully saturated rings. The van der Waals surface area contributed by atoms with Crippen molar-refractivity contribution in [2.75, 3.05) is 14.2 Å². The van der Waals surface area contributed by atoms with Gasteiger partial charge >= 0.3 is 0 Å².